The molecular weight excluding hydrogens is 281 g/mol. The number of aromatic nitrogens is 2. The summed E-state index contributed by atoms with van der Waals surface area (Å²) in [6.07, 6.45) is 0.353. The molecule has 7 nitrogen and oxygen atoms in total. The van der Waals surface area contributed by atoms with Crippen molar-refractivity contribution in [3.8, 4) is 0 Å². The molecule has 8 heteroatoms. The molecule has 110 valence electrons. The molecule has 21 heavy (non-hydrogen) atoms. The largest absolute Gasteiger partial charge is 0.478 e. The smallest absolute Gasteiger partial charge is 0.338 e. The summed E-state index contributed by atoms with van der Waals surface area (Å²) in [4.78, 5) is 26.3. The number of benzene rings is 1. The predicted octanol–water partition coefficient (Wildman–Crippen LogP) is 1.79. The van der Waals surface area contributed by atoms with Gasteiger partial charge in [0.25, 0.3) is 0 Å². The number of amides is 1. The second-order valence-electron chi connectivity index (χ2n) is 4.28. The van der Waals surface area contributed by atoms with Crippen LogP contribution in [0.1, 0.15) is 28.5 Å². The minimum Gasteiger partial charge on any atom is -0.478 e. The predicted molar refractivity (Wildman–Crippen MR) is 69.3 cm³/mol. The quantitative estimate of drug-likeness (QED) is 0.870. The summed E-state index contributed by atoms with van der Waals surface area (Å²) < 4.78 is 18.3. The molecule has 2 aromatic rings. The summed E-state index contributed by atoms with van der Waals surface area (Å²) in [6.45, 7) is 1.67. The monoisotopic (exact) mass is 293 g/mol. The molecule has 2 N–H and O–H groups in total. The number of hydrogen-bond donors (Lipinski definition) is 2. The molecule has 0 saturated heterocycles. The highest BCUT2D eigenvalue weighted by atomic mass is 19.1. The van der Waals surface area contributed by atoms with Crippen LogP contribution in [0.15, 0.2) is 22.7 Å². The van der Waals surface area contributed by atoms with Gasteiger partial charge >= 0.3 is 5.97 Å². The number of aryl methyl sites for hydroxylation is 2. The standard InChI is InChI=1S/C13H12FN3O4/c1-7-15-12(21-17-7)5-4-11(18)16-8-2-3-9(13(19)20)10(14)6-8/h2-3,6H,4-5H2,1H3,(H,16,18)(H,19,20). The van der Waals surface area contributed by atoms with Crippen molar-refractivity contribution in [2.45, 2.75) is 19.8 Å². The summed E-state index contributed by atoms with van der Waals surface area (Å²) >= 11 is 0. The van der Waals surface area contributed by atoms with Crippen LogP contribution in [0.2, 0.25) is 0 Å². The van der Waals surface area contributed by atoms with E-state index in [1.165, 1.54) is 6.07 Å². The van der Waals surface area contributed by atoms with Gasteiger partial charge in [0.05, 0.1) is 5.56 Å². The maximum atomic E-state index is 13.4. The van der Waals surface area contributed by atoms with Gasteiger partial charge in [0.15, 0.2) is 5.82 Å². The summed E-state index contributed by atoms with van der Waals surface area (Å²) in [7, 11) is 0. The average molecular weight is 293 g/mol. The Labute approximate surface area is 118 Å². The third-order valence-electron chi connectivity index (χ3n) is 2.62. The molecular formula is C13H12FN3O4. The number of nitrogens with one attached hydrogen (secondary N) is 1. The number of halogens is 1. The fourth-order valence-corrected chi connectivity index (χ4v) is 1.65. The molecule has 0 atom stereocenters. The SMILES string of the molecule is Cc1noc(CCC(=O)Nc2ccc(C(=O)O)c(F)c2)n1. The molecule has 2 rings (SSSR count). The number of anilines is 1. The van der Waals surface area contributed by atoms with Gasteiger partial charge in [-0.15, -0.1) is 0 Å². The zero-order valence-electron chi connectivity index (χ0n) is 11.1. The molecule has 1 amide bonds. The van der Waals surface area contributed by atoms with Gasteiger partial charge in [0.2, 0.25) is 11.8 Å². The first-order valence-corrected chi connectivity index (χ1v) is 6.07. The van der Waals surface area contributed by atoms with Crippen molar-refractivity contribution >= 4 is 17.6 Å². The van der Waals surface area contributed by atoms with E-state index in [9.17, 15) is 14.0 Å². The van der Waals surface area contributed by atoms with Crippen LogP contribution in [0.25, 0.3) is 0 Å². The summed E-state index contributed by atoms with van der Waals surface area (Å²) in [6, 6.07) is 3.37. The van der Waals surface area contributed by atoms with E-state index in [-0.39, 0.29) is 24.4 Å². The van der Waals surface area contributed by atoms with Crippen LogP contribution in [-0.2, 0) is 11.2 Å². The molecule has 0 aliphatic heterocycles. The first-order chi connectivity index (χ1) is 9.95. The van der Waals surface area contributed by atoms with Gasteiger partial charge < -0.3 is 14.9 Å². The molecule has 0 bridgehead atoms. The van der Waals surface area contributed by atoms with Crippen molar-refractivity contribution in [3.63, 3.8) is 0 Å². The average Bonchev–Trinajstić information content (AvgIpc) is 2.82. The third kappa shape index (κ3) is 3.85. The van der Waals surface area contributed by atoms with Gasteiger partial charge in [-0.2, -0.15) is 4.98 Å². The number of nitrogens with zero attached hydrogens (tertiary/aromatic N) is 2. The zero-order chi connectivity index (χ0) is 15.4. The zero-order valence-corrected chi connectivity index (χ0v) is 11.1. The van der Waals surface area contributed by atoms with Gasteiger partial charge in [0, 0.05) is 18.5 Å². The lowest BCUT2D eigenvalue weighted by Crippen LogP contribution is -2.13. The van der Waals surface area contributed by atoms with Gasteiger partial charge in [-0.1, -0.05) is 5.16 Å². The van der Waals surface area contributed by atoms with Gasteiger partial charge in [-0.05, 0) is 25.1 Å². The van der Waals surface area contributed by atoms with Crippen molar-refractivity contribution in [2.24, 2.45) is 0 Å². The molecule has 0 saturated carbocycles. The van der Waals surface area contributed by atoms with Crippen LogP contribution in [-0.4, -0.2) is 27.1 Å². The van der Waals surface area contributed by atoms with E-state index in [1.807, 2.05) is 0 Å². The molecule has 0 radical (unpaired) electrons. The number of rotatable bonds is 5. The minimum absolute atomic E-state index is 0.0872. The maximum absolute atomic E-state index is 13.4. The molecule has 1 heterocycles. The van der Waals surface area contributed by atoms with E-state index < -0.39 is 17.3 Å². The van der Waals surface area contributed by atoms with Crippen molar-refractivity contribution in [1.29, 1.82) is 0 Å². The van der Waals surface area contributed by atoms with Crippen LogP contribution in [0.5, 0.6) is 0 Å². The van der Waals surface area contributed by atoms with E-state index in [0.717, 1.165) is 12.1 Å². The Bertz CT molecular complexity index is 684. The molecule has 0 spiro atoms. The first-order valence-electron chi connectivity index (χ1n) is 6.07. The molecule has 1 aromatic carbocycles. The lowest BCUT2D eigenvalue weighted by atomic mass is 10.2. The summed E-state index contributed by atoms with van der Waals surface area (Å²) in [5.74, 6) is -1.81. The van der Waals surface area contributed by atoms with Crippen LogP contribution < -0.4 is 5.32 Å². The number of carboxylic acids is 1. The highest BCUT2D eigenvalue weighted by Crippen LogP contribution is 2.15. The fourth-order valence-electron chi connectivity index (χ4n) is 1.65. The lowest BCUT2D eigenvalue weighted by molar-refractivity contribution is -0.116. The lowest BCUT2D eigenvalue weighted by Gasteiger charge is -2.05. The third-order valence-corrected chi connectivity index (χ3v) is 2.62. The topological polar surface area (TPSA) is 105 Å². The maximum Gasteiger partial charge on any atom is 0.338 e. The van der Waals surface area contributed by atoms with Crippen molar-refractivity contribution in [2.75, 3.05) is 5.32 Å². The highest BCUT2D eigenvalue weighted by molar-refractivity contribution is 5.92. The Morgan fingerprint density at radius 1 is 1.43 bits per heavy atom. The van der Waals surface area contributed by atoms with Crippen LogP contribution in [0.3, 0.4) is 0 Å². The Morgan fingerprint density at radius 3 is 2.76 bits per heavy atom. The second-order valence-corrected chi connectivity index (χ2v) is 4.28. The van der Waals surface area contributed by atoms with Crippen LogP contribution in [0.4, 0.5) is 10.1 Å². The van der Waals surface area contributed by atoms with Crippen molar-refractivity contribution in [1.82, 2.24) is 10.1 Å². The molecule has 0 aliphatic carbocycles. The number of carboxylic acid groups (broad SMARTS) is 1. The Kier molecular flexibility index (Phi) is 4.27. The van der Waals surface area contributed by atoms with Crippen LogP contribution in [0, 0.1) is 12.7 Å². The number of aromatic carboxylic acids is 1. The minimum atomic E-state index is -1.36. The Morgan fingerprint density at radius 2 is 2.19 bits per heavy atom. The van der Waals surface area contributed by atoms with E-state index in [0.29, 0.717) is 11.7 Å². The molecule has 0 unspecified atom stereocenters. The molecule has 0 fully saturated rings. The van der Waals surface area contributed by atoms with Gasteiger partial charge in [-0.25, -0.2) is 9.18 Å². The van der Waals surface area contributed by atoms with E-state index >= 15 is 0 Å². The number of carbonyl (C=O) groups is 2. The van der Waals surface area contributed by atoms with E-state index in [4.69, 9.17) is 9.63 Å². The normalized spacial score (nSPS) is 10.4. The van der Waals surface area contributed by atoms with Crippen LogP contribution >= 0.6 is 0 Å². The number of hydrogen-bond acceptors (Lipinski definition) is 5. The van der Waals surface area contributed by atoms with Gasteiger partial charge in [0.1, 0.15) is 5.82 Å². The van der Waals surface area contributed by atoms with E-state index in [2.05, 4.69) is 15.5 Å². The Balaban J connectivity index is 1.93. The van der Waals surface area contributed by atoms with Gasteiger partial charge in [-0.3, -0.25) is 4.79 Å². The fraction of sp³-hybridized carbons (Fsp3) is 0.231. The summed E-state index contributed by atoms with van der Waals surface area (Å²) in [5.41, 5.74) is -0.265. The number of carbonyl (C=O) groups excluding carboxylic acids is 1. The van der Waals surface area contributed by atoms with E-state index in [1.54, 1.807) is 6.92 Å². The molecule has 0 aliphatic rings. The first kappa shape index (κ1) is 14.6. The molecule has 1 aromatic heterocycles. The Hall–Kier alpha value is -2.77. The highest BCUT2D eigenvalue weighted by Gasteiger charge is 2.12. The van der Waals surface area contributed by atoms with Crippen molar-refractivity contribution < 1.29 is 23.6 Å². The second kappa shape index (κ2) is 6.12. The van der Waals surface area contributed by atoms with Crippen molar-refractivity contribution in [3.05, 3.63) is 41.3 Å². The summed E-state index contributed by atoms with van der Waals surface area (Å²) in [5, 5.41) is 14.8.